The van der Waals surface area contributed by atoms with Gasteiger partial charge in [0.2, 0.25) is 0 Å². The quantitative estimate of drug-likeness (QED) is 0.452. The van der Waals surface area contributed by atoms with Crippen LogP contribution in [-0.4, -0.2) is 17.7 Å². The van der Waals surface area contributed by atoms with Crippen molar-refractivity contribution in [2.75, 3.05) is 0 Å². The highest BCUT2D eigenvalue weighted by molar-refractivity contribution is 9.10. The molecular formula is C13H10BrFO4. The van der Waals surface area contributed by atoms with Crippen molar-refractivity contribution in [3.63, 3.8) is 0 Å². The van der Waals surface area contributed by atoms with Gasteiger partial charge in [0, 0.05) is 13.8 Å². The first-order chi connectivity index (χ1) is 8.78. The van der Waals surface area contributed by atoms with Crippen molar-refractivity contribution in [1.29, 1.82) is 0 Å². The van der Waals surface area contributed by atoms with Gasteiger partial charge in [-0.25, -0.2) is 14.0 Å². The number of hydrogen-bond acceptors (Lipinski definition) is 4. The normalized spacial score (nSPS) is 17.8. The summed E-state index contributed by atoms with van der Waals surface area (Å²) < 4.78 is 23.5. The highest BCUT2D eigenvalue weighted by atomic mass is 79.9. The molecule has 0 atom stereocenters. The van der Waals surface area contributed by atoms with Gasteiger partial charge in [0.1, 0.15) is 11.4 Å². The van der Waals surface area contributed by atoms with E-state index >= 15 is 0 Å². The molecule has 0 aromatic heterocycles. The zero-order valence-corrected chi connectivity index (χ0v) is 11.8. The first-order valence-electron chi connectivity index (χ1n) is 5.42. The Hall–Kier alpha value is -1.69. The minimum Gasteiger partial charge on any atom is -0.419 e. The summed E-state index contributed by atoms with van der Waals surface area (Å²) in [4.78, 5) is 23.4. The second kappa shape index (κ2) is 4.77. The van der Waals surface area contributed by atoms with E-state index in [4.69, 9.17) is 9.47 Å². The molecule has 1 aliphatic rings. The van der Waals surface area contributed by atoms with Gasteiger partial charge in [-0.15, -0.1) is 0 Å². The summed E-state index contributed by atoms with van der Waals surface area (Å²) in [5, 5.41) is 0. The molecule has 0 saturated carbocycles. The fourth-order valence-electron chi connectivity index (χ4n) is 1.55. The van der Waals surface area contributed by atoms with Crippen LogP contribution in [0.15, 0.2) is 28.2 Å². The van der Waals surface area contributed by atoms with Crippen molar-refractivity contribution < 1.29 is 23.5 Å². The van der Waals surface area contributed by atoms with Crippen molar-refractivity contribution in [3.8, 4) is 0 Å². The standard InChI is InChI=1S/C13H10BrFO4/c1-13(2)18-11(16)8(12(17)19-13)5-7-3-4-9(14)10(15)6-7/h3-6H,1-2H3. The molecule has 1 aliphatic heterocycles. The Bertz CT molecular complexity index is 570. The van der Waals surface area contributed by atoms with E-state index in [1.54, 1.807) is 6.07 Å². The molecule has 0 radical (unpaired) electrons. The number of hydrogen-bond donors (Lipinski definition) is 0. The van der Waals surface area contributed by atoms with E-state index in [0.29, 0.717) is 10.0 Å². The lowest BCUT2D eigenvalue weighted by Gasteiger charge is -2.29. The molecule has 0 unspecified atom stereocenters. The van der Waals surface area contributed by atoms with Gasteiger partial charge < -0.3 is 9.47 Å². The molecule has 0 bridgehead atoms. The Labute approximate surface area is 117 Å². The number of rotatable bonds is 1. The highest BCUT2D eigenvalue weighted by Gasteiger charge is 2.38. The third-order valence-corrected chi connectivity index (χ3v) is 3.01. The maximum Gasteiger partial charge on any atom is 0.348 e. The Morgan fingerprint density at radius 3 is 2.32 bits per heavy atom. The Kier molecular flexibility index (Phi) is 3.45. The van der Waals surface area contributed by atoms with Crippen molar-refractivity contribution >= 4 is 33.9 Å². The van der Waals surface area contributed by atoms with Crippen LogP contribution in [0.25, 0.3) is 6.08 Å². The van der Waals surface area contributed by atoms with Crippen LogP contribution in [0.1, 0.15) is 19.4 Å². The zero-order chi connectivity index (χ0) is 14.2. The molecule has 100 valence electrons. The molecular weight excluding hydrogens is 319 g/mol. The highest BCUT2D eigenvalue weighted by Crippen LogP contribution is 2.25. The molecule has 1 aromatic rings. The monoisotopic (exact) mass is 328 g/mol. The van der Waals surface area contributed by atoms with Crippen molar-refractivity contribution in [3.05, 3.63) is 39.6 Å². The van der Waals surface area contributed by atoms with Crippen LogP contribution in [0.3, 0.4) is 0 Å². The summed E-state index contributed by atoms with van der Waals surface area (Å²) in [6.07, 6.45) is 1.23. The summed E-state index contributed by atoms with van der Waals surface area (Å²) in [5.41, 5.74) is 0.102. The number of carbonyl (C=O) groups excluding carboxylic acids is 2. The Morgan fingerprint density at radius 2 is 1.79 bits per heavy atom. The number of carbonyl (C=O) groups is 2. The van der Waals surface area contributed by atoms with Crippen LogP contribution in [0.2, 0.25) is 0 Å². The lowest BCUT2D eigenvalue weighted by Crippen LogP contribution is -2.41. The summed E-state index contributed by atoms with van der Waals surface area (Å²) in [6, 6.07) is 4.23. The van der Waals surface area contributed by atoms with Crippen molar-refractivity contribution in [2.45, 2.75) is 19.6 Å². The zero-order valence-electron chi connectivity index (χ0n) is 10.2. The number of benzene rings is 1. The van der Waals surface area contributed by atoms with Crippen LogP contribution in [0, 0.1) is 5.82 Å². The molecule has 2 rings (SSSR count). The number of esters is 2. The molecule has 0 aliphatic carbocycles. The fourth-order valence-corrected chi connectivity index (χ4v) is 1.79. The summed E-state index contributed by atoms with van der Waals surface area (Å²) in [5.74, 6) is -3.35. The van der Waals surface area contributed by atoms with Gasteiger partial charge in [-0.1, -0.05) is 6.07 Å². The van der Waals surface area contributed by atoms with Crippen molar-refractivity contribution in [1.82, 2.24) is 0 Å². The third-order valence-electron chi connectivity index (χ3n) is 2.37. The summed E-state index contributed by atoms with van der Waals surface area (Å²) >= 11 is 3.01. The molecule has 0 spiro atoms. The molecule has 6 heteroatoms. The summed E-state index contributed by atoms with van der Waals surface area (Å²) in [7, 11) is 0. The second-order valence-electron chi connectivity index (χ2n) is 4.41. The van der Waals surface area contributed by atoms with Gasteiger partial charge in [-0.05, 0) is 39.7 Å². The smallest absolute Gasteiger partial charge is 0.348 e. The molecule has 1 heterocycles. The molecule has 0 amide bonds. The van der Waals surface area contributed by atoms with Gasteiger partial charge >= 0.3 is 11.9 Å². The van der Waals surface area contributed by atoms with Gasteiger partial charge in [-0.3, -0.25) is 0 Å². The predicted molar refractivity (Wildman–Crippen MR) is 68.3 cm³/mol. The SMILES string of the molecule is CC1(C)OC(=O)C(=Cc2ccc(Br)c(F)c2)C(=O)O1. The first-order valence-corrected chi connectivity index (χ1v) is 6.21. The predicted octanol–water partition coefficient (Wildman–Crippen LogP) is 2.81. The number of halogens is 2. The van der Waals surface area contributed by atoms with Gasteiger partial charge in [0.25, 0.3) is 5.79 Å². The topological polar surface area (TPSA) is 52.6 Å². The third kappa shape index (κ3) is 3.01. The Morgan fingerprint density at radius 1 is 1.21 bits per heavy atom. The second-order valence-corrected chi connectivity index (χ2v) is 5.26. The maximum atomic E-state index is 13.3. The molecule has 1 aromatic carbocycles. The molecule has 4 nitrogen and oxygen atoms in total. The Balaban J connectivity index is 2.35. The minimum absolute atomic E-state index is 0.263. The van der Waals surface area contributed by atoms with E-state index in [2.05, 4.69) is 15.9 Å². The van der Waals surface area contributed by atoms with Crippen molar-refractivity contribution in [2.24, 2.45) is 0 Å². The van der Waals surface area contributed by atoms with E-state index in [-0.39, 0.29) is 5.57 Å². The average Bonchev–Trinajstić information content (AvgIpc) is 2.27. The van der Waals surface area contributed by atoms with E-state index in [1.165, 1.54) is 32.1 Å². The van der Waals surface area contributed by atoms with E-state index in [9.17, 15) is 14.0 Å². The minimum atomic E-state index is -1.28. The van der Waals surface area contributed by atoms with Gasteiger partial charge in [0.15, 0.2) is 0 Å². The van der Waals surface area contributed by atoms with Crippen LogP contribution in [-0.2, 0) is 19.1 Å². The van der Waals surface area contributed by atoms with E-state index in [0.717, 1.165) is 0 Å². The number of cyclic esters (lactones) is 2. The fraction of sp³-hybridized carbons (Fsp3) is 0.231. The first kappa shape index (κ1) is 13.7. The molecule has 0 N–H and O–H groups in total. The lowest BCUT2D eigenvalue weighted by molar-refractivity contribution is -0.222. The van der Waals surface area contributed by atoms with Gasteiger partial charge in [-0.2, -0.15) is 0 Å². The van der Waals surface area contributed by atoms with Crippen LogP contribution in [0.5, 0.6) is 0 Å². The van der Waals surface area contributed by atoms with Gasteiger partial charge in [0.05, 0.1) is 4.47 Å². The van der Waals surface area contributed by atoms with Crippen LogP contribution in [0.4, 0.5) is 4.39 Å². The van der Waals surface area contributed by atoms with Crippen LogP contribution < -0.4 is 0 Å². The van der Waals surface area contributed by atoms with E-state index < -0.39 is 23.5 Å². The largest absolute Gasteiger partial charge is 0.419 e. The lowest BCUT2D eigenvalue weighted by atomic mass is 10.1. The average molecular weight is 329 g/mol. The maximum absolute atomic E-state index is 13.3. The number of ether oxygens (including phenoxy) is 2. The van der Waals surface area contributed by atoms with E-state index in [1.807, 2.05) is 0 Å². The summed E-state index contributed by atoms with van der Waals surface area (Å²) in [6.45, 7) is 2.91. The molecule has 1 saturated heterocycles. The molecule has 1 fully saturated rings. The molecule has 19 heavy (non-hydrogen) atoms. The van der Waals surface area contributed by atoms with Crippen LogP contribution >= 0.6 is 15.9 Å².